The van der Waals surface area contributed by atoms with Crippen LogP contribution in [0.1, 0.15) is 25.0 Å². The summed E-state index contributed by atoms with van der Waals surface area (Å²) in [5, 5.41) is 24.1. The van der Waals surface area contributed by atoms with Gasteiger partial charge in [0.2, 0.25) is 11.4 Å². The lowest BCUT2D eigenvalue weighted by Crippen LogP contribution is -2.57. The van der Waals surface area contributed by atoms with E-state index in [-0.39, 0.29) is 0 Å². The second kappa shape index (κ2) is 6.16. The van der Waals surface area contributed by atoms with Gasteiger partial charge in [-0.15, -0.1) is 0 Å². The van der Waals surface area contributed by atoms with E-state index in [1.54, 1.807) is 9.80 Å². The number of nitrogens with zero attached hydrogens (tertiary/aromatic N) is 2. The quantitative estimate of drug-likeness (QED) is 0.837. The molecule has 1 heterocycles. The standard InChI is InChI=1S/C19H22N2O2S/c1-3-20-17(24)21(4-2)19(23,16-13-9-6-10-14-16)18(20,22)15-11-7-5-8-12-15/h5-14,22-23H,3-4H2,1-2H3/t18-,19+. The third-order valence-electron chi connectivity index (χ3n) is 4.71. The van der Waals surface area contributed by atoms with Gasteiger partial charge in [-0.05, 0) is 26.1 Å². The molecule has 2 atom stereocenters. The highest BCUT2D eigenvalue weighted by Crippen LogP contribution is 2.51. The lowest BCUT2D eigenvalue weighted by molar-refractivity contribution is -0.243. The highest BCUT2D eigenvalue weighted by molar-refractivity contribution is 7.80. The van der Waals surface area contributed by atoms with E-state index in [9.17, 15) is 10.2 Å². The van der Waals surface area contributed by atoms with E-state index in [1.165, 1.54) is 0 Å². The first-order valence-corrected chi connectivity index (χ1v) is 8.57. The van der Waals surface area contributed by atoms with Gasteiger partial charge in [0.05, 0.1) is 0 Å². The highest BCUT2D eigenvalue weighted by atomic mass is 32.1. The molecular weight excluding hydrogens is 320 g/mol. The molecule has 1 fully saturated rings. The number of aliphatic hydroxyl groups is 2. The van der Waals surface area contributed by atoms with E-state index >= 15 is 0 Å². The van der Waals surface area contributed by atoms with Gasteiger partial charge in [0, 0.05) is 24.2 Å². The van der Waals surface area contributed by atoms with Crippen LogP contribution in [0.5, 0.6) is 0 Å². The fourth-order valence-corrected chi connectivity index (χ4v) is 4.10. The molecule has 4 nitrogen and oxygen atoms in total. The second-order valence-corrected chi connectivity index (χ2v) is 6.21. The Bertz CT molecular complexity index is 663. The number of thiocarbonyl (C=S) groups is 1. The van der Waals surface area contributed by atoms with Crippen LogP contribution >= 0.6 is 12.2 Å². The molecule has 3 rings (SSSR count). The van der Waals surface area contributed by atoms with Gasteiger partial charge in [0.1, 0.15) is 0 Å². The lowest BCUT2D eigenvalue weighted by atomic mass is 9.85. The van der Waals surface area contributed by atoms with Crippen molar-refractivity contribution >= 4 is 17.3 Å². The van der Waals surface area contributed by atoms with E-state index in [1.807, 2.05) is 74.5 Å². The van der Waals surface area contributed by atoms with Crippen molar-refractivity contribution in [1.29, 1.82) is 0 Å². The third-order valence-corrected chi connectivity index (χ3v) is 5.16. The molecule has 0 aromatic heterocycles. The summed E-state index contributed by atoms with van der Waals surface area (Å²) in [4.78, 5) is 3.38. The fraction of sp³-hybridized carbons (Fsp3) is 0.316. The van der Waals surface area contributed by atoms with Crippen molar-refractivity contribution in [1.82, 2.24) is 9.80 Å². The average molecular weight is 342 g/mol. The minimum Gasteiger partial charge on any atom is -0.363 e. The van der Waals surface area contributed by atoms with E-state index < -0.39 is 11.4 Å². The van der Waals surface area contributed by atoms with Crippen LogP contribution in [0, 0.1) is 0 Å². The zero-order valence-corrected chi connectivity index (χ0v) is 14.7. The third kappa shape index (κ3) is 2.09. The smallest absolute Gasteiger partial charge is 0.220 e. The molecule has 0 aliphatic carbocycles. The predicted octanol–water partition coefficient (Wildman–Crippen LogP) is 2.62. The monoisotopic (exact) mass is 342 g/mol. The van der Waals surface area contributed by atoms with E-state index in [2.05, 4.69) is 0 Å². The van der Waals surface area contributed by atoms with Gasteiger partial charge in [-0.25, -0.2) is 0 Å². The predicted molar refractivity (Wildman–Crippen MR) is 98.0 cm³/mol. The number of hydrogen-bond donors (Lipinski definition) is 2. The van der Waals surface area contributed by atoms with E-state index in [4.69, 9.17) is 12.2 Å². The second-order valence-electron chi connectivity index (χ2n) is 5.85. The molecule has 0 saturated carbocycles. The largest absolute Gasteiger partial charge is 0.363 e. The van der Waals surface area contributed by atoms with Gasteiger partial charge in [-0.3, -0.25) is 0 Å². The molecular formula is C19H22N2O2S. The van der Waals surface area contributed by atoms with Gasteiger partial charge in [-0.1, -0.05) is 60.7 Å². The SMILES string of the molecule is CCN1C(=S)N(CC)[C@@](O)(c2ccccc2)[C@@]1(O)c1ccccc1. The fourth-order valence-electron chi connectivity index (χ4n) is 3.58. The van der Waals surface area contributed by atoms with Gasteiger partial charge < -0.3 is 20.0 Å². The molecule has 0 unspecified atom stereocenters. The molecule has 2 aromatic rings. The Kier molecular flexibility index (Phi) is 4.34. The molecule has 1 aliphatic heterocycles. The van der Waals surface area contributed by atoms with E-state index in [0.29, 0.717) is 29.3 Å². The Morgan fingerprint density at radius 3 is 1.38 bits per heavy atom. The van der Waals surface area contributed by atoms with Crippen molar-refractivity contribution in [3.05, 3.63) is 71.8 Å². The number of likely N-dealkylation sites (N-methyl/N-ethyl adjacent to an activating group) is 2. The zero-order valence-electron chi connectivity index (χ0n) is 13.9. The molecule has 2 aromatic carbocycles. The number of hydrogen-bond acceptors (Lipinski definition) is 3. The topological polar surface area (TPSA) is 46.9 Å². The molecule has 0 radical (unpaired) electrons. The van der Waals surface area contributed by atoms with Crippen LogP contribution in [0.3, 0.4) is 0 Å². The van der Waals surface area contributed by atoms with Gasteiger partial charge in [-0.2, -0.15) is 0 Å². The van der Waals surface area contributed by atoms with Crippen LogP contribution < -0.4 is 0 Å². The van der Waals surface area contributed by atoms with E-state index in [0.717, 1.165) is 0 Å². The van der Waals surface area contributed by atoms with Crippen LogP contribution in [-0.4, -0.2) is 38.2 Å². The van der Waals surface area contributed by atoms with Crippen molar-refractivity contribution in [2.45, 2.75) is 25.3 Å². The van der Waals surface area contributed by atoms with Crippen molar-refractivity contribution in [2.75, 3.05) is 13.1 Å². The van der Waals surface area contributed by atoms with Crippen molar-refractivity contribution in [2.24, 2.45) is 0 Å². The number of benzene rings is 2. The molecule has 1 aliphatic rings. The summed E-state index contributed by atoms with van der Waals surface area (Å²) in [7, 11) is 0. The minimum atomic E-state index is -1.67. The molecule has 1 saturated heterocycles. The first-order valence-electron chi connectivity index (χ1n) is 8.16. The molecule has 0 amide bonds. The van der Waals surface area contributed by atoms with Gasteiger partial charge >= 0.3 is 0 Å². The Morgan fingerprint density at radius 2 is 1.08 bits per heavy atom. The van der Waals surface area contributed by atoms with Crippen LogP contribution in [0.25, 0.3) is 0 Å². The molecule has 0 spiro atoms. The summed E-state index contributed by atoms with van der Waals surface area (Å²) in [5.41, 5.74) is -2.12. The summed E-state index contributed by atoms with van der Waals surface area (Å²) >= 11 is 5.59. The lowest BCUT2D eigenvalue weighted by Gasteiger charge is -2.43. The molecule has 2 N–H and O–H groups in total. The Labute approximate surface area is 148 Å². The maximum atomic E-state index is 11.8. The first-order chi connectivity index (χ1) is 11.5. The summed E-state index contributed by atoms with van der Waals surface area (Å²) < 4.78 is 0. The molecule has 24 heavy (non-hydrogen) atoms. The Balaban J connectivity index is 2.31. The van der Waals surface area contributed by atoms with Crippen molar-refractivity contribution in [3.63, 3.8) is 0 Å². The first kappa shape index (κ1) is 16.9. The minimum absolute atomic E-state index is 0.442. The Morgan fingerprint density at radius 1 is 0.750 bits per heavy atom. The van der Waals surface area contributed by atoms with Crippen LogP contribution in [-0.2, 0) is 11.4 Å². The van der Waals surface area contributed by atoms with Gasteiger partial charge in [0.25, 0.3) is 0 Å². The van der Waals surface area contributed by atoms with Crippen molar-refractivity contribution in [3.8, 4) is 0 Å². The van der Waals surface area contributed by atoms with Crippen LogP contribution in [0.4, 0.5) is 0 Å². The summed E-state index contributed by atoms with van der Waals surface area (Å²) in [5.74, 6) is 0. The van der Waals surface area contributed by atoms with Crippen LogP contribution in [0.2, 0.25) is 0 Å². The normalized spacial score (nSPS) is 26.9. The maximum Gasteiger partial charge on any atom is 0.220 e. The maximum absolute atomic E-state index is 11.8. The molecule has 5 heteroatoms. The molecule has 0 bridgehead atoms. The highest BCUT2D eigenvalue weighted by Gasteiger charge is 2.65. The van der Waals surface area contributed by atoms with Crippen molar-refractivity contribution < 1.29 is 10.2 Å². The zero-order chi connectivity index (χ0) is 17.4. The Hall–Kier alpha value is -1.95. The van der Waals surface area contributed by atoms with Gasteiger partial charge in [0.15, 0.2) is 5.11 Å². The summed E-state index contributed by atoms with van der Waals surface area (Å²) in [6.07, 6.45) is 0. The molecule has 126 valence electrons. The summed E-state index contributed by atoms with van der Waals surface area (Å²) in [6.45, 7) is 4.81. The van der Waals surface area contributed by atoms with Crippen LogP contribution in [0.15, 0.2) is 60.7 Å². The summed E-state index contributed by atoms with van der Waals surface area (Å²) in [6, 6.07) is 18.4. The number of rotatable bonds is 4. The average Bonchev–Trinajstić information content (AvgIpc) is 2.80.